The van der Waals surface area contributed by atoms with Gasteiger partial charge in [-0.05, 0) is 37.1 Å². The smallest absolute Gasteiger partial charge is 0.212 e. The van der Waals surface area contributed by atoms with Crippen LogP contribution in [0.4, 0.5) is 0 Å². The largest absolute Gasteiger partial charge is 0.508 e. The number of phenolic OH excluding ortho intramolecular Hbond substituents is 1. The van der Waals surface area contributed by atoms with Crippen molar-refractivity contribution in [3.05, 3.63) is 24.3 Å². The van der Waals surface area contributed by atoms with Gasteiger partial charge in [-0.25, -0.2) is 0 Å². The monoisotopic (exact) mass is 272 g/mol. The third-order valence-corrected chi connectivity index (χ3v) is 3.18. The van der Waals surface area contributed by atoms with Crippen LogP contribution in [0.2, 0.25) is 0 Å². The van der Waals surface area contributed by atoms with Crippen molar-refractivity contribution in [1.29, 1.82) is 0 Å². The molecule has 1 heterocycles. The summed E-state index contributed by atoms with van der Waals surface area (Å²) in [4.78, 5) is 0.236. The second-order valence-corrected chi connectivity index (χ2v) is 4.69. The molecule has 2 rings (SSSR count). The van der Waals surface area contributed by atoms with Gasteiger partial charge in [-0.2, -0.15) is 0 Å². The van der Waals surface area contributed by atoms with Crippen molar-refractivity contribution in [3.8, 4) is 11.5 Å². The minimum absolute atomic E-state index is 0.233. The summed E-state index contributed by atoms with van der Waals surface area (Å²) in [6.45, 7) is 0.741. The van der Waals surface area contributed by atoms with Gasteiger partial charge >= 0.3 is 0 Å². The first-order valence-electron chi connectivity index (χ1n) is 4.97. The van der Waals surface area contributed by atoms with E-state index in [0.717, 1.165) is 19.4 Å². The van der Waals surface area contributed by atoms with Crippen molar-refractivity contribution in [2.75, 3.05) is 6.61 Å². The third-order valence-electron chi connectivity index (χ3n) is 2.29. The Kier molecular flexibility index (Phi) is 3.49. The molecular formula is C11H13BrO3. The Morgan fingerprint density at radius 2 is 2.07 bits per heavy atom. The maximum absolute atomic E-state index is 9.12. The number of benzene rings is 1. The highest BCUT2D eigenvalue weighted by Gasteiger charge is 2.25. The quantitative estimate of drug-likeness (QED) is 0.842. The summed E-state index contributed by atoms with van der Waals surface area (Å²) in [6, 6.07) is 6.66. The molecular weight excluding hydrogens is 260 g/mol. The topological polar surface area (TPSA) is 38.7 Å². The van der Waals surface area contributed by atoms with Gasteiger partial charge in [0.1, 0.15) is 11.5 Å². The van der Waals surface area contributed by atoms with Crippen LogP contribution in [0, 0.1) is 0 Å². The molecule has 1 aromatic rings. The van der Waals surface area contributed by atoms with Crippen LogP contribution in [0.3, 0.4) is 0 Å². The number of hydrogen-bond acceptors (Lipinski definition) is 3. The molecule has 1 saturated heterocycles. The van der Waals surface area contributed by atoms with Crippen LogP contribution >= 0.6 is 15.9 Å². The van der Waals surface area contributed by atoms with E-state index < -0.39 is 0 Å². The fraction of sp³-hybridized carbons (Fsp3) is 0.455. The van der Waals surface area contributed by atoms with Gasteiger partial charge < -0.3 is 14.6 Å². The zero-order valence-corrected chi connectivity index (χ0v) is 9.81. The normalized spacial score (nSPS) is 26.2. The molecule has 1 aromatic carbocycles. The number of aromatic hydroxyl groups is 1. The maximum Gasteiger partial charge on any atom is 0.212 e. The highest BCUT2D eigenvalue weighted by molar-refractivity contribution is 9.09. The van der Waals surface area contributed by atoms with Crippen molar-refractivity contribution >= 4 is 15.9 Å². The lowest BCUT2D eigenvalue weighted by Crippen LogP contribution is -2.34. The van der Waals surface area contributed by atoms with Gasteiger partial charge in [0, 0.05) is 0 Å². The van der Waals surface area contributed by atoms with E-state index in [0.29, 0.717) is 5.75 Å². The first-order valence-corrected chi connectivity index (χ1v) is 5.88. The van der Waals surface area contributed by atoms with E-state index in [2.05, 4.69) is 15.9 Å². The molecule has 2 unspecified atom stereocenters. The van der Waals surface area contributed by atoms with Crippen LogP contribution in [0.25, 0.3) is 0 Å². The molecule has 82 valence electrons. The Balaban J connectivity index is 1.98. The number of alkyl halides is 1. The summed E-state index contributed by atoms with van der Waals surface area (Å²) < 4.78 is 11.1. The SMILES string of the molecule is Oc1ccc(OC2OCCCC2Br)cc1. The zero-order valence-electron chi connectivity index (χ0n) is 8.23. The van der Waals surface area contributed by atoms with E-state index in [1.165, 1.54) is 0 Å². The summed E-state index contributed by atoms with van der Waals surface area (Å²) in [5, 5.41) is 9.12. The summed E-state index contributed by atoms with van der Waals surface area (Å²) in [5.41, 5.74) is 0. The van der Waals surface area contributed by atoms with E-state index in [9.17, 15) is 0 Å². The molecule has 0 bridgehead atoms. The van der Waals surface area contributed by atoms with Crippen LogP contribution in [0.15, 0.2) is 24.3 Å². The highest BCUT2D eigenvalue weighted by Crippen LogP contribution is 2.25. The Bertz CT molecular complexity index is 312. The molecule has 0 amide bonds. The summed E-state index contributed by atoms with van der Waals surface area (Å²) in [5.74, 6) is 0.950. The summed E-state index contributed by atoms with van der Waals surface area (Å²) in [7, 11) is 0. The molecule has 0 spiro atoms. The lowest BCUT2D eigenvalue weighted by molar-refractivity contribution is -0.0993. The lowest BCUT2D eigenvalue weighted by atomic mass is 10.2. The minimum atomic E-state index is -0.233. The number of hydrogen-bond donors (Lipinski definition) is 1. The van der Waals surface area contributed by atoms with E-state index >= 15 is 0 Å². The maximum atomic E-state index is 9.12. The average Bonchev–Trinajstić information content (AvgIpc) is 2.25. The van der Waals surface area contributed by atoms with Gasteiger partial charge in [-0.1, -0.05) is 15.9 Å². The third kappa shape index (κ3) is 2.86. The van der Waals surface area contributed by atoms with Crippen LogP contribution < -0.4 is 4.74 Å². The van der Waals surface area contributed by atoms with Gasteiger partial charge in [-0.3, -0.25) is 0 Å². The number of ether oxygens (including phenoxy) is 2. The van der Waals surface area contributed by atoms with Crippen molar-refractivity contribution in [2.45, 2.75) is 24.0 Å². The minimum Gasteiger partial charge on any atom is -0.508 e. The van der Waals surface area contributed by atoms with Crippen molar-refractivity contribution in [1.82, 2.24) is 0 Å². The molecule has 0 aliphatic carbocycles. The fourth-order valence-corrected chi connectivity index (χ4v) is 2.07. The average molecular weight is 273 g/mol. The molecule has 1 aliphatic rings. The zero-order chi connectivity index (χ0) is 10.7. The second-order valence-electron chi connectivity index (χ2n) is 3.51. The predicted molar refractivity (Wildman–Crippen MR) is 60.4 cm³/mol. The van der Waals surface area contributed by atoms with Crippen LogP contribution in [0.1, 0.15) is 12.8 Å². The van der Waals surface area contributed by atoms with Gasteiger partial charge in [0.25, 0.3) is 0 Å². The first kappa shape index (κ1) is 10.8. The van der Waals surface area contributed by atoms with E-state index in [4.69, 9.17) is 14.6 Å². The van der Waals surface area contributed by atoms with Gasteiger partial charge in [0.2, 0.25) is 6.29 Å². The molecule has 15 heavy (non-hydrogen) atoms. The van der Waals surface area contributed by atoms with E-state index in [1.54, 1.807) is 24.3 Å². The van der Waals surface area contributed by atoms with Crippen LogP contribution in [-0.4, -0.2) is 22.8 Å². The molecule has 1 aliphatic heterocycles. The Morgan fingerprint density at radius 1 is 1.33 bits per heavy atom. The fourth-order valence-electron chi connectivity index (χ4n) is 1.48. The molecule has 3 nitrogen and oxygen atoms in total. The van der Waals surface area contributed by atoms with E-state index in [-0.39, 0.29) is 16.9 Å². The van der Waals surface area contributed by atoms with Gasteiger partial charge in [0.15, 0.2) is 0 Å². The Labute approximate surface area is 97.1 Å². The lowest BCUT2D eigenvalue weighted by Gasteiger charge is -2.28. The van der Waals surface area contributed by atoms with Crippen molar-refractivity contribution < 1.29 is 14.6 Å². The molecule has 0 aromatic heterocycles. The van der Waals surface area contributed by atoms with Crippen LogP contribution in [0.5, 0.6) is 11.5 Å². The van der Waals surface area contributed by atoms with Crippen molar-refractivity contribution in [2.24, 2.45) is 0 Å². The standard InChI is InChI=1S/C11H13BrO3/c12-10-2-1-7-14-11(10)15-9-5-3-8(13)4-6-9/h3-6,10-11,13H,1-2,7H2. The highest BCUT2D eigenvalue weighted by atomic mass is 79.9. The Morgan fingerprint density at radius 3 is 2.73 bits per heavy atom. The first-order chi connectivity index (χ1) is 7.25. The number of rotatable bonds is 2. The van der Waals surface area contributed by atoms with Crippen LogP contribution in [-0.2, 0) is 4.74 Å². The summed E-state index contributed by atoms with van der Waals surface area (Å²) >= 11 is 3.53. The van der Waals surface area contributed by atoms with Gasteiger partial charge in [-0.15, -0.1) is 0 Å². The number of halogens is 1. The summed E-state index contributed by atoms with van der Waals surface area (Å²) in [6.07, 6.45) is 1.89. The molecule has 1 N–H and O–H groups in total. The van der Waals surface area contributed by atoms with E-state index in [1.807, 2.05) is 0 Å². The van der Waals surface area contributed by atoms with Gasteiger partial charge in [0.05, 0.1) is 11.4 Å². The molecule has 1 fully saturated rings. The Hall–Kier alpha value is -0.740. The molecule has 2 atom stereocenters. The predicted octanol–water partition coefficient (Wildman–Crippen LogP) is 2.67. The molecule has 0 radical (unpaired) electrons. The second kappa shape index (κ2) is 4.86. The number of phenols is 1. The van der Waals surface area contributed by atoms with Crippen molar-refractivity contribution in [3.63, 3.8) is 0 Å². The molecule has 4 heteroatoms. The molecule has 0 saturated carbocycles.